The molecule has 1 atom stereocenters. The molecule has 0 amide bonds. The highest BCUT2D eigenvalue weighted by molar-refractivity contribution is 6.42. The molecule has 88 valence electrons. The minimum absolute atomic E-state index is 0.394. The van der Waals surface area contributed by atoms with Crippen molar-refractivity contribution < 1.29 is 5.11 Å². The SMILES string of the molecule is OC(Cc1cccc(Cl)c1Cl)c1ccnnc1. The quantitative estimate of drug-likeness (QED) is 0.931. The number of benzene rings is 1. The lowest BCUT2D eigenvalue weighted by Gasteiger charge is -2.11. The molecule has 2 aromatic rings. The fourth-order valence-electron chi connectivity index (χ4n) is 1.53. The largest absolute Gasteiger partial charge is 0.388 e. The van der Waals surface area contributed by atoms with Gasteiger partial charge in [-0.25, -0.2) is 0 Å². The van der Waals surface area contributed by atoms with Crippen LogP contribution in [0.3, 0.4) is 0 Å². The van der Waals surface area contributed by atoms with Crippen LogP contribution in [-0.4, -0.2) is 15.3 Å². The Bertz CT molecular complexity index is 505. The molecule has 1 heterocycles. The zero-order valence-electron chi connectivity index (χ0n) is 8.85. The summed E-state index contributed by atoms with van der Waals surface area (Å²) < 4.78 is 0. The molecule has 5 heteroatoms. The summed E-state index contributed by atoms with van der Waals surface area (Å²) in [5.74, 6) is 0. The smallest absolute Gasteiger partial charge is 0.0846 e. The molecule has 1 N–H and O–H groups in total. The lowest BCUT2D eigenvalue weighted by molar-refractivity contribution is 0.178. The van der Waals surface area contributed by atoms with E-state index in [9.17, 15) is 5.11 Å². The lowest BCUT2D eigenvalue weighted by atomic mass is 10.0. The maximum Gasteiger partial charge on any atom is 0.0846 e. The van der Waals surface area contributed by atoms with Crippen molar-refractivity contribution in [1.82, 2.24) is 10.2 Å². The van der Waals surface area contributed by atoms with Gasteiger partial charge in [0.2, 0.25) is 0 Å². The van der Waals surface area contributed by atoms with E-state index in [1.54, 1.807) is 18.2 Å². The Hall–Kier alpha value is -1.16. The first-order valence-corrected chi connectivity index (χ1v) is 5.81. The Morgan fingerprint density at radius 3 is 2.71 bits per heavy atom. The average molecular weight is 269 g/mol. The molecule has 1 aromatic heterocycles. The van der Waals surface area contributed by atoms with Gasteiger partial charge in [-0.2, -0.15) is 10.2 Å². The number of aromatic nitrogens is 2. The van der Waals surface area contributed by atoms with Gasteiger partial charge in [0.25, 0.3) is 0 Å². The first kappa shape index (κ1) is 12.3. The summed E-state index contributed by atoms with van der Waals surface area (Å²) in [7, 11) is 0. The molecule has 0 aliphatic carbocycles. The molecule has 0 bridgehead atoms. The monoisotopic (exact) mass is 268 g/mol. The van der Waals surface area contributed by atoms with E-state index in [0.29, 0.717) is 22.0 Å². The van der Waals surface area contributed by atoms with E-state index in [0.717, 1.165) is 5.56 Å². The molecule has 0 radical (unpaired) electrons. The summed E-state index contributed by atoms with van der Waals surface area (Å²) >= 11 is 12.0. The molecule has 0 aliphatic heterocycles. The normalized spacial score (nSPS) is 12.4. The zero-order valence-corrected chi connectivity index (χ0v) is 10.4. The van der Waals surface area contributed by atoms with Crippen LogP contribution in [0.4, 0.5) is 0 Å². The number of aliphatic hydroxyl groups excluding tert-OH is 1. The molecule has 1 aromatic carbocycles. The summed E-state index contributed by atoms with van der Waals surface area (Å²) in [6, 6.07) is 7.08. The molecular weight excluding hydrogens is 259 g/mol. The molecule has 17 heavy (non-hydrogen) atoms. The number of rotatable bonds is 3. The van der Waals surface area contributed by atoms with Crippen LogP contribution in [0, 0.1) is 0 Å². The van der Waals surface area contributed by atoms with Crippen molar-refractivity contribution in [3.05, 3.63) is 57.8 Å². The van der Waals surface area contributed by atoms with Gasteiger partial charge in [0.1, 0.15) is 0 Å². The Balaban J connectivity index is 2.19. The summed E-state index contributed by atoms with van der Waals surface area (Å²) in [6.45, 7) is 0. The van der Waals surface area contributed by atoms with Crippen LogP contribution in [0.1, 0.15) is 17.2 Å². The first-order chi connectivity index (χ1) is 8.18. The minimum Gasteiger partial charge on any atom is -0.388 e. The van der Waals surface area contributed by atoms with Gasteiger partial charge in [-0.1, -0.05) is 35.3 Å². The third-order valence-corrected chi connectivity index (χ3v) is 3.29. The fraction of sp³-hybridized carbons (Fsp3) is 0.167. The van der Waals surface area contributed by atoms with E-state index in [-0.39, 0.29) is 0 Å². The molecule has 2 rings (SSSR count). The van der Waals surface area contributed by atoms with Crippen LogP contribution >= 0.6 is 23.2 Å². The van der Waals surface area contributed by atoms with Crippen molar-refractivity contribution in [3.8, 4) is 0 Å². The summed E-state index contributed by atoms with van der Waals surface area (Å²) in [6.07, 6.45) is 2.80. The maximum atomic E-state index is 10.0. The van der Waals surface area contributed by atoms with E-state index in [4.69, 9.17) is 23.2 Å². The number of aliphatic hydroxyl groups is 1. The van der Waals surface area contributed by atoms with Gasteiger partial charge in [0.05, 0.1) is 22.3 Å². The van der Waals surface area contributed by atoms with Crippen LogP contribution in [0.5, 0.6) is 0 Å². The predicted octanol–water partition coefficient (Wildman–Crippen LogP) is 3.06. The van der Waals surface area contributed by atoms with Crippen LogP contribution in [0.2, 0.25) is 10.0 Å². The van der Waals surface area contributed by atoms with E-state index >= 15 is 0 Å². The van der Waals surface area contributed by atoms with Crippen molar-refractivity contribution >= 4 is 23.2 Å². The highest BCUT2D eigenvalue weighted by atomic mass is 35.5. The van der Waals surface area contributed by atoms with Crippen LogP contribution < -0.4 is 0 Å². The third-order valence-electron chi connectivity index (χ3n) is 2.44. The second-order valence-corrected chi connectivity index (χ2v) is 4.39. The van der Waals surface area contributed by atoms with Gasteiger partial charge in [-0.3, -0.25) is 0 Å². The van der Waals surface area contributed by atoms with Crippen molar-refractivity contribution in [2.75, 3.05) is 0 Å². The van der Waals surface area contributed by atoms with Crippen LogP contribution in [0.25, 0.3) is 0 Å². The Morgan fingerprint density at radius 2 is 2.00 bits per heavy atom. The van der Waals surface area contributed by atoms with Crippen molar-refractivity contribution in [2.24, 2.45) is 0 Å². The summed E-state index contributed by atoms with van der Waals surface area (Å²) in [4.78, 5) is 0. The highest BCUT2D eigenvalue weighted by Gasteiger charge is 2.12. The van der Waals surface area contributed by atoms with Gasteiger partial charge in [-0.05, 0) is 17.7 Å². The summed E-state index contributed by atoms with van der Waals surface area (Å²) in [5, 5.41) is 18.4. The van der Waals surface area contributed by atoms with Crippen molar-refractivity contribution in [2.45, 2.75) is 12.5 Å². The number of nitrogens with zero attached hydrogens (tertiary/aromatic N) is 2. The number of hydrogen-bond acceptors (Lipinski definition) is 3. The second-order valence-electron chi connectivity index (χ2n) is 3.61. The molecule has 3 nitrogen and oxygen atoms in total. The van der Waals surface area contributed by atoms with Crippen LogP contribution in [0.15, 0.2) is 36.7 Å². The van der Waals surface area contributed by atoms with Gasteiger partial charge in [-0.15, -0.1) is 0 Å². The maximum absolute atomic E-state index is 10.0. The minimum atomic E-state index is -0.665. The van der Waals surface area contributed by atoms with E-state index in [1.807, 2.05) is 6.07 Å². The zero-order chi connectivity index (χ0) is 12.3. The van der Waals surface area contributed by atoms with Crippen molar-refractivity contribution in [1.29, 1.82) is 0 Å². The topological polar surface area (TPSA) is 46.0 Å². The van der Waals surface area contributed by atoms with Gasteiger partial charge in [0.15, 0.2) is 0 Å². The second kappa shape index (κ2) is 5.45. The standard InChI is InChI=1S/C12H10Cl2N2O/c13-10-3-1-2-8(12(10)14)6-11(17)9-4-5-15-16-7-9/h1-5,7,11,17H,6H2. The predicted molar refractivity (Wildman–Crippen MR) is 67.2 cm³/mol. The van der Waals surface area contributed by atoms with E-state index in [2.05, 4.69) is 10.2 Å². The van der Waals surface area contributed by atoms with Gasteiger partial charge in [0, 0.05) is 18.2 Å². The fourth-order valence-corrected chi connectivity index (χ4v) is 1.93. The van der Waals surface area contributed by atoms with E-state index in [1.165, 1.54) is 12.4 Å². The van der Waals surface area contributed by atoms with Crippen molar-refractivity contribution in [3.63, 3.8) is 0 Å². The molecule has 1 unspecified atom stereocenters. The van der Waals surface area contributed by atoms with E-state index < -0.39 is 6.10 Å². The van der Waals surface area contributed by atoms with Gasteiger partial charge < -0.3 is 5.11 Å². The first-order valence-electron chi connectivity index (χ1n) is 5.06. The summed E-state index contributed by atoms with van der Waals surface area (Å²) in [5.41, 5.74) is 1.51. The Morgan fingerprint density at radius 1 is 1.18 bits per heavy atom. The molecule has 0 spiro atoms. The number of halogens is 2. The highest BCUT2D eigenvalue weighted by Crippen LogP contribution is 2.28. The molecule has 0 aliphatic rings. The molecule has 0 saturated carbocycles. The molecular formula is C12H10Cl2N2O. The Kier molecular flexibility index (Phi) is 3.94. The van der Waals surface area contributed by atoms with Gasteiger partial charge >= 0.3 is 0 Å². The third kappa shape index (κ3) is 2.94. The van der Waals surface area contributed by atoms with Crippen LogP contribution in [-0.2, 0) is 6.42 Å². The average Bonchev–Trinajstić information content (AvgIpc) is 2.36. The lowest BCUT2D eigenvalue weighted by Crippen LogP contribution is -2.03. The molecule has 0 fully saturated rings. The molecule has 0 saturated heterocycles. The Labute approximate surface area is 109 Å². The number of hydrogen-bond donors (Lipinski definition) is 1.